The van der Waals surface area contributed by atoms with Crippen LogP contribution in [0, 0.1) is 0 Å². The number of benzene rings is 1. The van der Waals surface area contributed by atoms with Crippen molar-refractivity contribution < 1.29 is 31.1 Å². The predicted molar refractivity (Wildman–Crippen MR) is 98.1 cm³/mol. The van der Waals surface area contributed by atoms with E-state index in [1.165, 1.54) is 28.6 Å². The van der Waals surface area contributed by atoms with E-state index in [1.54, 1.807) is 4.90 Å². The third-order valence-corrected chi connectivity index (χ3v) is 5.69. The first-order valence-corrected chi connectivity index (χ1v) is 10.4. The summed E-state index contributed by atoms with van der Waals surface area (Å²) in [4.78, 5) is 17.7. The molecule has 1 fully saturated rings. The number of carbonyl (C=O) groups excluding carboxylic acids is 1. The summed E-state index contributed by atoms with van der Waals surface area (Å²) < 4.78 is 67.4. The zero-order valence-electron chi connectivity index (χ0n) is 15.4. The standard InChI is InChI=1S/C18H18F3N3O4S/c1-29(26,27)24-10-8-23(9-11-24)17(25)13-2-5-15(6-3-13)28-16-7-4-14(12-22-16)18(19,20)21/h2-7,12H,8-11H2,1H3. The van der Waals surface area contributed by atoms with Gasteiger partial charge in [0.2, 0.25) is 15.9 Å². The molecule has 3 rings (SSSR count). The van der Waals surface area contributed by atoms with Gasteiger partial charge in [0, 0.05) is 44.0 Å². The molecule has 29 heavy (non-hydrogen) atoms. The Morgan fingerprint density at radius 2 is 1.66 bits per heavy atom. The molecule has 0 aliphatic carbocycles. The highest BCUT2D eigenvalue weighted by Crippen LogP contribution is 2.30. The van der Waals surface area contributed by atoms with Crippen molar-refractivity contribution in [3.8, 4) is 11.6 Å². The molecule has 156 valence electrons. The van der Waals surface area contributed by atoms with Crippen molar-refractivity contribution in [2.24, 2.45) is 0 Å². The molecule has 2 aromatic rings. The molecule has 0 N–H and O–H groups in total. The Kier molecular flexibility index (Phi) is 5.80. The van der Waals surface area contributed by atoms with Crippen LogP contribution in [0.2, 0.25) is 0 Å². The fourth-order valence-electron chi connectivity index (χ4n) is 2.80. The third kappa shape index (κ3) is 5.24. The van der Waals surface area contributed by atoms with Gasteiger partial charge in [-0.15, -0.1) is 0 Å². The van der Waals surface area contributed by atoms with E-state index in [9.17, 15) is 26.4 Å². The summed E-state index contributed by atoms with van der Waals surface area (Å²) in [5, 5.41) is 0. The lowest BCUT2D eigenvalue weighted by molar-refractivity contribution is -0.137. The van der Waals surface area contributed by atoms with Crippen LogP contribution in [-0.2, 0) is 16.2 Å². The van der Waals surface area contributed by atoms with Crippen molar-refractivity contribution in [1.82, 2.24) is 14.2 Å². The zero-order chi connectivity index (χ0) is 21.2. The van der Waals surface area contributed by atoms with E-state index >= 15 is 0 Å². The molecule has 2 heterocycles. The number of rotatable bonds is 4. The van der Waals surface area contributed by atoms with Gasteiger partial charge in [-0.3, -0.25) is 4.79 Å². The van der Waals surface area contributed by atoms with E-state index in [0.29, 0.717) is 30.6 Å². The lowest BCUT2D eigenvalue weighted by Gasteiger charge is -2.33. The first kappa shape index (κ1) is 21.1. The second-order valence-electron chi connectivity index (χ2n) is 6.46. The summed E-state index contributed by atoms with van der Waals surface area (Å²) in [5.74, 6) is 0.0713. The molecule has 1 aromatic heterocycles. The van der Waals surface area contributed by atoms with E-state index in [1.807, 2.05) is 0 Å². The van der Waals surface area contributed by atoms with Gasteiger partial charge in [0.05, 0.1) is 11.8 Å². The second-order valence-corrected chi connectivity index (χ2v) is 8.45. The number of aromatic nitrogens is 1. The third-order valence-electron chi connectivity index (χ3n) is 4.38. The Morgan fingerprint density at radius 1 is 1.03 bits per heavy atom. The van der Waals surface area contributed by atoms with Gasteiger partial charge in [-0.1, -0.05) is 0 Å². The number of hydrogen-bond acceptors (Lipinski definition) is 5. The van der Waals surface area contributed by atoms with Crippen molar-refractivity contribution in [3.05, 3.63) is 53.7 Å². The van der Waals surface area contributed by atoms with E-state index in [-0.39, 0.29) is 24.9 Å². The first-order chi connectivity index (χ1) is 13.5. The average Bonchev–Trinajstić information content (AvgIpc) is 2.67. The zero-order valence-corrected chi connectivity index (χ0v) is 16.2. The quantitative estimate of drug-likeness (QED) is 0.747. The van der Waals surface area contributed by atoms with Crippen molar-refractivity contribution in [2.75, 3.05) is 32.4 Å². The highest BCUT2D eigenvalue weighted by atomic mass is 32.2. The van der Waals surface area contributed by atoms with Gasteiger partial charge < -0.3 is 9.64 Å². The number of carbonyl (C=O) groups is 1. The molecule has 0 atom stereocenters. The topological polar surface area (TPSA) is 79.8 Å². The summed E-state index contributed by atoms with van der Waals surface area (Å²) in [6, 6.07) is 8.08. The van der Waals surface area contributed by atoms with Crippen LogP contribution < -0.4 is 4.74 Å². The normalized spacial score (nSPS) is 15.9. The van der Waals surface area contributed by atoms with Crippen LogP contribution in [0.15, 0.2) is 42.6 Å². The Balaban J connectivity index is 1.61. The van der Waals surface area contributed by atoms with Gasteiger partial charge in [-0.05, 0) is 30.3 Å². The molecule has 1 saturated heterocycles. The van der Waals surface area contributed by atoms with E-state index in [2.05, 4.69) is 4.98 Å². The molecule has 1 aliphatic heterocycles. The van der Waals surface area contributed by atoms with Crippen molar-refractivity contribution in [1.29, 1.82) is 0 Å². The molecule has 1 aromatic carbocycles. The Bertz CT molecular complexity index is 969. The number of piperazine rings is 1. The van der Waals surface area contributed by atoms with Crippen molar-refractivity contribution in [3.63, 3.8) is 0 Å². The second kappa shape index (κ2) is 7.99. The van der Waals surface area contributed by atoms with Crippen LogP contribution in [0.3, 0.4) is 0 Å². The van der Waals surface area contributed by atoms with Crippen LogP contribution in [0.4, 0.5) is 13.2 Å². The minimum atomic E-state index is -4.47. The average molecular weight is 429 g/mol. The lowest BCUT2D eigenvalue weighted by atomic mass is 10.2. The number of halogens is 3. The summed E-state index contributed by atoms with van der Waals surface area (Å²) >= 11 is 0. The Labute approximate surface area is 165 Å². The van der Waals surface area contributed by atoms with E-state index in [4.69, 9.17) is 4.74 Å². The van der Waals surface area contributed by atoms with Gasteiger partial charge in [0.1, 0.15) is 5.75 Å². The maximum absolute atomic E-state index is 12.6. The molecular formula is C18H18F3N3O4S. The molecule has 0 unspecified atom stereocenters. The van der Waals surface area contributed by atoms with E-state index < -0.39 is 21.8 Å². The van der Waals surface area contributed by atoms with Crippen LogP contribution in [-0.4, -0.2) is 60.9 Å². The number of alkyl halides is 3. The molecule has 0 radical (unpaired) electrons. The summed E-state index contributed by atoms with van der Waals surface area (Å²) in [5.41, 5.74) is -0.479. The number of amides is 1. The lowest BCUT2D eigenvalue weighted by Crippen LogP contribution is -2.50. The molecule has 1 amide bonds. The fraction of sp³-hybridized carbons (Fsp3) is 0.333. The highest BCUT2D eigenvalue weighted by molar-refractivity contribution is 7.88. The van der Waals surface area contributed by atoms with Gasteiger partial charge in [0.15, 0.2) is 0 Å². The van der Waals surface area contributed by atoms with Crippen LogP contribution in [0.1, 0.15) is 15.9 Å². The minimum absolute atomic E-state index is 0.00558. The molecule has 7 nitrogen and oxygen atoms in total. The summed E-state index contributed by atoms with van der Waals surface area (Å²) in [7, 11) is -3.28. The fourth-order valence-corrected chi connectivity index (χ4v) is 3.63. The number of ether oxygens (including phenoxy) is 1. The van der Waals surface area contributed by atoms with Gasteiger partial charge >= 0.3 is 6.18 Å². The highest BCUT2D eigenvalue weighted by Gasteiger charge is 2.31. The number of pyridine rings is 1. The predicted octanol–water partition coefficient (Wildman–Crippen LogP) is 2.61. The largest absolute Gasteiger partial charge is 0.439 e. The summed E-state index contributed by atoms with van der Waals surface area (Å²) in [6.45, 7) is 1.07. The molecule has 0 saturated carbocycles. The van der Waals surface area contributed by atoms with Gasteiger partial charge in [-0.2, -0.15) is 17.5 Å². The summed E-state index contributed by atoms with van der Waals surface area (Å²) in [6.07, 6.45) is -2.65. The molecule has 1 aliphatic rings. The monoisotopic (exact) mass is 429 g/mol. The van der Waals surface area contributed by atoms with Crippen molar-refractivity contribution >= 4 is 15.9 Å². The van der Waals surface area contributed by atoms with Crippen molar-refractivity contribution in [2.45, 2.75) is 6.18 Å². The number of hydrogen-bond donors (Lipinski definition) is 0. The van der Waals surface area contributed by atoms with Crippen LogP contribution >= 0.6 is 0 Å². The molecule has 0 bridgehead atoms. The number of nitrogens with zero attached hydrogens (tertiary/aromatic N) is 3. The number of sulfonamides is 1. The van der Waals surface area contributed by atoms with Gasteiger partial charge in [-0.25, -0.2) is 13.4 Å². The minimum Gasteiger partial charge on any atom is -0.439 e. The first-order valence-electron chi connectivity index (χ1n) is 8.59. The smallest absolute Gasteiger partial charge is 0.417 e. The molecule has 11 heteroatoms. The van der Waals surface area contributed by atoms with Gasteiger partial charge in [0.25, 0.3) is 5.91 Å². The Morgan fingerprint density at radius 3 is 2.14 bits per heavy atom. The van der Waals surface area contributed by atoms with Crippen LogP contribution in [0.25, 0.3) is 0 Å². The SMILES string of the molecule is CS(=O)(=O)N1CCN(C(=O)c2ccc(Oc3ccc(C(F)(F)F)cn3)cc2)CC1. The van der Waals surface area contributed by atoms with Crippen LogP contribution in [0.5, 0.6) is 11.6 Å². The maximum atomic E-state index is 12.6. The Hall–Kier alpha value is -2.66. The van der Waals surface area contributed by atoms with E-state index in [0.717, 1.165) is 18.4 Å². The molecular weight excluding hydrogens is 411 g/mol. The maximum Gasteiger partial charge on any atom is 0.417 e. The molecule has 0 spiro atoms.